The fourth-order valence-electron chi connectivity index (χ4n) is 1.87. The van der Waals surface area contributed by atoms with Crippen LogP contribution < -0.4 is 10.6 Å². The number of benzene rings is 1. The van der Waals surface area contributed by atoms with E-state index in [-0.39, 0.29) is 5.84 Å². The van der Waals surface area contributed by atoms with Gasteiger partial charge in [-0.25, -0.2) is 0 Å². The van der Waals surface area contributed by atoms with Crippen LogP contribution in [0.1, 0.15) is 24.5 Å². The minimum Gasteiger partial charge on any atom is -0.409 e. The zero-order valence-corrected chi connectivity index (χ0v) is 10.1. The molecule has 0 atom stereocenters. The molecule has 16 heavy (non-hydrogen) atoms. The van der Waals surface area contributed by atoms with Crippen molar-refractivity contribution in [2.24, 2.45) is 10.9 Å². The number of aryl methyl sites for hydroxylation is 1. The van der Waals surface area contributed by atoms with Crippen molar-refractivity contribution in [2.75, 3.05) is 18.5 Å². The molecule has 0 heterocycles. The Hall–Kier alpha value is -1.71. The number of rotatable bonds is 4. The molecule has 0 radical (unpaired) electrons. The largest absolute Gasteiger partial charge is 0.409 e. The summed E-state index contributed by atoms with van der Waals surface area (Å²) in [6.07, 6.45) is 1.06. The molecule has 1 aromatic carbocycles. The average molecular weight is 221 g/mol. The smallest absolute Gasteiger partial charge is 0.172 e. The predicted octanol–water partition coefficient (Wildman–Crippen LogP) is 1.94. The van der Waals surface area contributed by atoms with Gasteiger partial charge in [0.2, 0.25) is 0 Å². The third-order valence-electron chi connectivity index (χ3n) is 2.56. The van der Waals surface area contributed by atoms with Gasteiger partial charge in [-0.2, -0.15) is 0 Å². The lowest BCUT2D eigenvalue weighted by Crippen LogP contribution is -2.24. The number of para-hydroxylation sites is 1. The molecule has 0 fully saturated rings. The Labute approximate surface area is 96.4 Å². The van der Waals surface area contributed by atoms with Gasteiger partial charge >= 0.3 is 0 Å². The van der Waals surface area contributed by atoms with Gasteiger partial charge < -0.3 is 15.8 Å². The van der Waals surface area contributed by atoms with Crippen molar-refractivity contribution in [3.63, 3.8) is 0 Å². The Bertz CT molecular complexity index is 388. The minimum atomic E-state index is 0.154. The molecular formula is C12H19N3O. The minimum absolute atomic E-state index is 0.154. The highest BCUT2D eigenvalue weighted by Crippen LogP contribution is 2.24. The summed E-state index contributed by atoms with van der Waals surface area (Å²) in [5.41, 5.74) is 8.60. The van der Waals surface area contributed by atoms with E-state index in [1.54, 1.807) is 0 Å². The van der Waals surface area contributed by atoms with Crippen LogP contribution in [0.4, 0.5) is 5.69 Å². The Morgan fingerprint density at radius 2 is 2.19 bits per heavy atom. The van der Waals surface area contributed by atoms with E-state index in [9.17, 15) is 0 Å². The predicted molar refractivity (Wildman–Crippen MR) is 67.3 cm³/mol. The van der Waals surface area contributed by atoms with Gasteiger partial charge in [-0.05, 0) is 25.0 Å². The Morgan fingerprint density at radius 1 is 1.50 bits per heavy atom. The summed E-state index contributed by atoms with van der Waals surface area (Å²) in [5, 5.41) is 11.8. The summed E-state index contributed by atoms with van der Waals surface area (Å²) in [7, 11) is 2.01. The lowest BCUT2D eigenvalue weighted by atomic mass is 10.1. The third kappa shape index (κ3) is 2.45. The van der Waals surface area contributed by atoms with Crippen LogP contribution in [0.2, 0.25) is 0 Å². The SMILES string of the molecule is CCCN(C)c1c(C)cccc1/C(N)=N/O. The summed E-state index contributed by atoms with van der Waals surface area (Å²) in [5.74, 6) is 0.154. The van der Waals surface area contributed by atoms with E-state index in [1.165, 1.54) is 0 Å². The van der Waals surface area contributed by atoms with Crippen LogP contribution >= 0.6 is 0 Å². The lowest BCUT2D eigenvalue weighted by molar-refractivity contribution is 0.318. The van der Waals surface area contributed by atoms with Crippen LogP contribution in [0.25, 0.3) is 0 Å². The normalized spacial score (nSPS) is 11.6. The molecule has 0 spiro atoms. The number of amidine groups is 1. The van der Waals surface area contributed by atoms with Crippen molar-refractivity contribution < 1.29 is 5.21 Å². The first-order valence-electron chi connectivity index (χ1n) is 5.40. The molecule has 0 aromatic heterocycles. The van der Waals surface area contributed by atoms with Crippen molar-refractivity contribution in [2.45, 2.75) is 20.3 Å². The highest BCUT2D eigenvalue weighted by molar-refractivity contribution is 6.02. The van der Waals surface area contributed by atoms with Gasteiger partial charge in [0.25, 0.3) is 0 Å². The average Bonchev–Trinajstić information content (AvgIpc) is 2.27. The number of nitrogens with zero attached hydrogens (tertiary/aromatic N) is 2. The van der Waals surface area contributed by atoms with E-state index < -0.39 is 0 Å². The van der Waals surface area contributed by atoms with E-state index in [4.69, 9.17) is 10.9 Å². The van der Waals surface area contributed by atoms with E-state index in [1.807, 2.05) is 32.2 Å². The second-order valence-electron chi connectivity index (χ2n) is 3.88. The zero-order chi connectivity index (χ0) is 12.1. The number of hydrogen-bond donors (Lipinski definition) is 2. The monoisotopic (exact) mass is 221 g/mol. The molecule has 88 valence electrons. The molecule has 4 heteroatoms. The first-order chi connectivity index (χ1) is 7.61. The Morgan fingerprint density at radius 3 is 2.75 bits per heavy atom. The summed E-state index contributed by atoms with van der Waals surface area (Å²) < 4.78 is 0. The number of hydrogen-bond acceptors (Lipinski definition) is 3. The van der Waals surface area contributed by atoms with Crippen molar-refractivity contribution in [3.8, 4) is 0 Å². The number of oxime groups is 1. The first-order valence-corrected chi connectivity index (χ1v) is 5.40. The molecule has 1 rings (SSSR count). The third-order valence-corrected chi connectivity index (χ3v) is 2.56. The van der Waals surface area contributed by atoms with Crippen LogP contribution in [0, 0.1) is 6.92 Å². The second-order valence-corrected chi connectivity index (χ2v) is 3.88. The molecule has 0 saturated carbocycles. The van der Waals surface area contributed by atoms with Crippen molar-refractivity contribution in [1.82, 2.24) is 0 Å². The molecule has 3 N–H and O–H groups in total. The highest BCUT2D eigenvalue weighted by Gasteiger charge is 2.12. The summed E-state index contributed by atoms with van der Waals surface area (Å²) in [6.45, 7) is 5.09. The fourth-order valence-corrected chi connectivity index (χ4v) is 1.87. The van der Waals surface area contributed by atoms with Gasteiger partial charge in [-0.1, -0.05) is 24.2 Å². The maximum absolute atomic E-state index is 8.76. The van der Waals surface area contributed by atoms with Crippen molar-refractivity contribution in [3.05, 3.63) is 29.3 Å². The molecule has 0 aliphatic heterocycles. The number of nitrogens with two attached hydrogens (primary N) is 1. The topological polar surface area (TPSA) is 61.8 Å². The summed E-state index contributed by atoms with van der Waals surface area (Å²) in [6, 6.07) is 5.80. The molecule has 0 unspecified atom stereocenters. The highest BCUT2D eigenvalue weighted by atomic mass is 16.4. The van der Waals surface area contributed by atoms with Gasteiger partial charge in [-0.3, -0.25) is 0 Å². The Kier molecular flexibility index (Phi) is 4.17. The molecule has 0 aliphatic carbocycles. The van der Waals surface area contributed by atoms with Gasteiger partial charge in [-0.15, -0.1) is 0 Å². The van der Waals surface area contributed by atoms with E-state index in [2.05, 4.69) is 17.0 Å². The van der Waals surface area contributed by atoms with Gasteiger partial charge in [0.05, 0.1) is 5.69 Å². The van der Waals surface area contributed by atoms with Gasteiger partial charge in [0.1, 0.15) is 0 Å². The van der Waals surface area contributed by atoms with Crippen LogP contribution in [0.3, 0.4) is 0 Å². The lowest BCUT2D eigenvalue weighted by Gasteiger charge is -2.23. The molecule has 0 bridgehead atoms. The van der Waals surface area contributed by atoms with E-state index >= 15 is 0 Å². The molecule has 4 nitrogen and oxygen atoms in total. The first kappa shape index (κ1) is 12.4. The zero-order valence-electron chi connectivity index (χ0n) is 10.1. The molecule has 0 saturated heterocycles. The Balaban J connectivity index is 3.23. The van der Waals surface area contributed by atoms with Crippen molar-refractivity contribution >= 4 is 11.5 Å². The summed E-state index contributed by atoms with van der Waals surface area (Å²) >= 11 is 0. The van der Waals surface area contributed by atoms with Crippen LogP contribution in [0.5, 0.6) is 0 Å². The van der Waals surface area contributed by atoms with Gasteiger partial charge in [0.15, 0.2) is 5.84 Å². The van der Waals surface area contributed by atoms with Crippen LogP contribution in [0.15, 0.2) is 23.4 Å². The fraction of sp³-hybridized carbons (Fsp3) is 0.417. The standard InChI is InChI=1S/C12H19N3O/c1-4-8-15(3)11-9(2)6-5-7-10(11)12(13)14-16/h5-7,16H,4,8H2,1-3H3,(H2,13,14). The van der Waals surface area contributed by atoms with E-state index in [0.29, 0.717) is 0 Å². The second kappa shape index (κ2) is 5.39. The quantitative estimate of drug-likeness (QED) is 0.353. The maximum atomic E-state index is 8.76. The number of anilines is 1. The van der Waals surface area contributed by atoms with Crippen LogP contribution in [-0.2, 0) is 0 Å². The molecule has 0 amide bonds. The summed E-state index contributed by atoms with van der Waals surface area (Å²) in [4.78, 5) is 2.13. The molecular weight excluding hydrogens is 202 g/mol. The molecule has 1 aromatic rings. The van der Waals surface area contributed by atoms with Gasteiger partial charge in [0, 0.05) is 19.2 Å². The van der Waals surface area contributed by atoms with E-state index in [0.717, 1.165) is 29.8 Å². The van der Waals surface area contributed by atoms with Crippen molar-refractivity contribution in [1.29, 1.82) is 0 Å². The van der Waals surface area contributed by atoms with Crippen LogP contribution in [-0.4, -0.2) is 24.6 Å². The maximum Gasteiger partial charge on any atom is 0.172 e. The molecule has 0 aliphatic rings.